The lowest BCUT2D eigenvalue weighted by Crippen LogP contribution is -2.34. The lowest BCUT2D eigenvalue weighted by Gasteiger charge is -2.11. The first-order valence-electron chi connectivity index (χ1n) is 10.00. The number of hydrogen-bond acceptors (Lipinski definition) is 8. The van der Waals surface area contributed by atoms with Crippen LogP contribution in [0.15, 0.2) is 36.9 Å². The summed E-state index contributed by atoms with van der Waals surface area (Å²) in [6.45, 7) is 6.33. The fourth-order valence-electron chi connectivity index (χ4n) is 3.82. The quantitative estimate of drug-likeness (QED) is 0.461. The summed E-state index contributed by atoms with van der Waals surface area (Å²) in [5.41, 5.74) is 3.26. The van der Waals surface area contributed by atoms with E-state index in [4.69, 9.17) is 9.72 Å². The van der Waals surface area contributed by atoms with Gasteiger partial charge in [-0.3, -0.25) is 4.79 Å². The normalized spacial score (nSPS) is 15.6. The van der Waals surface area contributed by atoms with Crippen LogP contribution in [-0.4, -0.2) is 46.8 Å². The minimum Gasteiger partial charge on any atom is -0.464 e. The van der Waals surface area contributed by atoms with Gasteiger partial charge in [-0.15, -0.1) is 16.4 Å². The van der Waals surface area contributed by atoms with Crippen molar-refractivity contribution in [2.45, 2.75) is 13.0 Å². The Morgan fingerprint density at radius 3 is 2.91 bits per heavy atom. The largest absolute Gasteiger partial charge is 0.464 e. The highest BCUT2D eigenvalue weighted by molar-refractivity contribution is 7.21. The number of benzene rings is 1. The number of nitrogens with one attached hydrogen (secondary N) is 2. The molecule has 4 aromatic rings. The molecule has 0 fully saturated rings. The molecule has 0 radical (unpaired) electrons. The van der Waals surface area contributed by atoms with E-state index in [-0.39, 0.29) is 17.6 Å². The highest BCUT2D eigenvalue weighted by Gasteiger charge is 2.25. The van der Waals surface area contributed by atoms with Gasteiger partial charge < -0.3 is 15.4 Å². The summed E-state index contributed by atoms with van der Waals surface area (Å²) >= 11 is 1.46. The van der Waals surface area contributed by atoms with Gasteiger partial charge in [-0.2, -0.15) is 5.10 Å². The van der Waals surface area contributed by atoms with Crippen LogP contribution in [0.25, 0.3) is 38.3 Å². The Hall–Kier alpha value is -3.85. The molecule has 1 aromatic carbocycles. The molecule has 1 atom stereocenters. The van der Waals surface area contributed by atoms with Crippen LogP contribution >= 0.6 is 11.3 Å². The highest BCUT2D eigenvalue weighted by atomic mass is 32.1. The zero-order chi connectivity index (χ0) is 22.4. The van der Waals surface area contributed by atoms with Crippen LogP contribution in [0.2, 0.25) is 0 Å². The van der Waals surface area contributed by atoms with E-state index in [1.54, 1.807) is 12.1 Å². The molecule has 8 nitrogen and oxygen atoms in total. The van der Waals surface area contributed by atoms with E-state index >= 15 is 0 Å². The molecule has 32 heavy (non-hydrogen) atoms. The van der Waals surface area contributed by atoms with Gasteiger partial charge in [0.1, 0.15) is 4.88 Å². The molecular formula is C23H19N5O3S. The Balaban J connectivity index is 1.71. The minimum atomic E-state index is -0.590. The zero-order valence-electron chi connectivity index (χ0n) is 17.4. The second-order valence-corrected chi connectivity index (χ2v) is 8.54. The molecule has 1 aliphatic heterocycles. The van der Waals surface area contributed by atoms with Gasteiger partial charge >= 0.3 is 5.97 Å². The number of hydrogen-bond donors (Lipinski definition) is 2. The maximum Gasteiger partial charge on any atom is 0.359 e. The average molecular weight is 446 g/mol. The van der Waals surface area contributed by atoms with Gasteiger partial charge in [0.25, 0.3) is 5.91 Å². The van der Waals surface area contributed by atoms with Gasteiger partial charge in [-0.1, -0.05) is 6.58 Å². The van der Waals surface area contributed by atoms with Crippen LogP contribution < -0.4 is 10.6 Å². The highest BCUT2D eigenvalue weighted by Crippen LogP contribution is 2.41. The van der Waals surface area contributed by atoms with Crippen molar-refractivity contribution in [3.8, 4) is 11.3 Å². The van der Waals surface area contributed by atoms with Crippen molar-refractivity contribution in [2.24, 2.45) is 0 Å². The van der Waals surface area contributed by atoms with Crippen LogP contribution in [0.5, 0.6) is 0 Å². The molecule has 0 unspecified atom stereocenters. The third-order valence-corrected chi connectivity index (χ3v) is 6.52. The molecule has 0 saturated heterocycles. The van der Waals surface area contributed by atoms with Crippen molar-refractivity contribution >= 4 is 56.0 Å². The van der Waals surface area contributed by atoms with Crippen LogP contribution in [-0.2, 0) is 4.74 Å². The molecule has 160 valence electrons. The predicted octanol–water partition coefficient (Wildman–Crippen LogP) is 3.88. The van der Waals surface area contributed by atoms with Crippen LogP contribution in [0.4, 0.5) is 5.69 Å². The Bertz CT molecular complexity index is 1430. The Labute approximate surface area is 187 Å². The summed E-state index contributed by atoms with van der Waals surface area (Å²) in [5, 5.41) is 16.3. The summed E-state index contributed by atoms with van der Waals surface area (Å²) in [7, 11) is 1.30. The maximum atomic E-state index is 12.6. The Kier molecular flexibility index (Phi) is 4.82. The topological polar surface area (TPSA) is 106 Å². The lowest BCUT2D eigenvalue weighted by atomic mass is 10.0. The van der Waals surface area contributed by atoms with Crippen molar-refractivity contribution < 1.29 is 14.3 Å². The molecule has 5 rings (SSSR count). The molecule has 0 spiro atoms. The third kappa shape index (κ3) is 3.18. The van der Waals surface area contributed by atoms with Crippen molar-refractivity contribution in [3.63, 3.8) is 0 Å². The number of nitrogens with zero attached hydrogens (tertiary/aromatic N) is 3. The summed E-state index contributed by atoms with van der Waals surface area (Å²) in [6.07, 6.45) is 1.56. The molecular weight excluding hydrogens is 426 g/mol. The van der Waals surface area contributed by atoms with Gasteiger partial charge in [0, 0.05) is 33.6 Å². The van der Waals surface area contributed by atoms with Crippen molar-refractivity contribution in [3.05, 3.63) is 53.2 Å². The van der Waals surface area contributed by atoms with Gasteiger partial charge in [0.2, 0.25) is 0 Å². The smallest absolute Gasteiger partial charge is 0.359 e. The third-order valence-electron chi connectivity index (χ3n) is 5.37. The number of amides is 1. The number of thiophene rings is 1. The number of esters is 1. The number of aromatic nitrogens is 3. The second kappa shape index (κ2) is 7.69. The molecule has 4 heterocycles. The van der Waals surface area contributed by atoms with E-state index in [2.05, 4.69) is 27.4 Å². The summed E-state index contributed by atoms with van der Waals surface area (Å²) < 4.78 is 5.86. The summed E-state index contributed by atoms with van der Waals surface area (Å²) in [4.78, 5) is 30.3. The van der Waals surface area contributed by atoms with Crippen molar-refractivity contribution in [2.75, 3.05) is 19.0 Å². The monoisotopic (exact) mass is 445 g/mol. The van der Waals surface area contributed by atoms with Crippen molar-refractivity contribution in [1.82, 2.24) is 20.5 Å². The van der Waals surface area contributed by atoms with Crippen molar-refractivity contribution in [1.29, 1.82) is 0 Å². The molecule has 0 saturated carbocycles. The van der Waals surface area contributed by atoms with E-state index in [9.17, 15) is 9.59 Å². The first-order chi connectivity index (χ1) is 15.5. The first kappa shape index (κ1) is 20.1. The van der Waals surface area contributed by atoms with Gasteiger partial charge in [-0.05, 0) is 43.3 Å². The number of anilines is 1. The number of carbonyl (C=O) groups is 2. The molecule has 0 aliphatic carbocycles. The van der Waals surface area contributed by atoms with Crippen LogP contribution in [0.1, 0.15) is 32.8 Å². The fourth-order valence-corrected chi connectivity index (χ4v) is 4.92. The SMILES string of the molecule is C=Cc1cc(-c2ccc3c(ccc4sc5c(c43)NC[C@@H](C)NC5=O)n2)c(C(=O)OC)nn1. The first-order valence-corrected chi connectivity index (χ1v) is 10.8. The zero-order valence-corrected chi connectivity index (χ0v) is 18.2. The molecule has 2 N–H and O–H groups in total. The predicted molar refractivity (Wildman–Crippen MR) is 125 cm³/mol. The lowest BCUT2D eigenvalue weighted by molar-refractivity contribution is 0.0593. The number of pyridine rings is 1. The molecule has 3 aromatic heterocycles. The molecule has 1 aliphatic rings. The average Bonchev–Trinajstić information content (AvgIpc) is 3.14. The summed E-state index contributed by atoms with van der Waals surface area (Å²) in [5.74, 6) is -0.660. The van der Waals surface area contributed by atoms with Crippen LogP contribution in [0.3, 0.4) is 0 Å². The van der Waals surface area contributed by atoms with E-state index in [1.165, 1.54) is 18.4 Å². The molecule has 0 bridgehead atoms. The summed E-state index contributed by atoms with van der Waals surface area (Å²) in [6, 6.07) is 9.42. The number of fused-ring (bicyclic) bond motifs is 5. The van der Waals surface area contributed by atoms with E-state index in [1.807, 2.05) is 31.2 Å². The molecule has 9 heteroatoms. The number of ether oxygens (including phenoxy) is 1. The fraction of sp³-hybridized carbons (Fsp3) is 0.174. The Morgan fingerprint density at radius 2 is 2.12 bits per heavy atom. The van der Waals surface area contributed by atoms with E-state index < -0.39 is 5.97 Å². The maximum absolute atomic E-state index is 12.6. The number of methoxy groups -OCH3 is 1. The molecule has 1 amide bonds. The van der Waals surface area contributed by atoms with Gasteiger partial charge in [0.15, 0.2) is 5.69 Å². The minimum absolute atomic E-state index is 0.0341. The van der Waals surface area contributed by atoms with Crippen LogP contribution in [0, 0.1) is 0 Å². The second-order valence-electron chi connectivity index (χ2n) is 7.49. The number of carbonyl (C=O) groups excluding carboxylic acids is 2. The standard InChI is InChI=1S/C23H19N5O3S/c1-4-12-9-14(19(28-27-12)23(30)31-3)16-6-5-13-15(26-16)7-8-17-18(13)20-21(32-17)22(29)25-11(2)10-24-20/h4-9,11,24H,1,10H2,2-3H3,(H,25,29)/t11-/m1/s1. The van der Waals surface area contributed by atoms with E-state index in [0.717, 1.165) is 26.7 Å². The van der Waals surface area contributed by atoms with E-state index in [0.29, 0.717) is 28.4 Å². The number of rotatable bonds is 3. The van der Waals surface area contributed by atoms with Gasteiger partial charge in [-0.25, -0.2) is 9.78 Å². The van der Waals surface area contributed by atoms with Gasteiger partial charge in [0.05, 0.1) is 29.7 Å². The Morgan fingerprint density at radius 1 is 1.28 bits per heavy atom.